The van der Waals surface area contributed by atoms with Crippen molar-refractivity contribution < 1.29 is 9.53 Å². The predicted molar refractivity (Wildman–Crippen MR) is 121 cm³/mol. The van der Waals surface area contributed by atoms with E-state index in [1.807, 2.05) is 59.5 Å². The Hall–Kier alpha value is -3.80. The molecule has 0 radical (unpaired) electrons. The normalized spacial score (nSPS) is 14.1. The SMILES string of the molecule is O=C(c1n[nH]c2ccccc12)N1CCN(c2ccc(OCc3ccccc3)cc2)CC1. The molecule has 0 atom stereocenters. The van der Waals surface area contributed by atoms with E-state index in [0.717, 1.165) is 41.0 Å². The van der Waals surface area contributed by atoms with Crippen molar-refractivity contribution in [1.82, 2.24) is 15.1 Å². The minimum absolute atomic E-state index is 0.0123. The zero-order chi connectivity index (χ0) is 21.0. The Bertz CT molecular complexity index is 1160. The van der Waals surface area contributed by atoms with E-state index in [9.17, 15) is 4.79 Å². The molecule has 1 N–H and O–H groups in total. The molecule has 0 saturated carbocycles. The molecule has 1 fully saturated rings. The molecule has 5 rings (SSSR count). The van der Waals surface area contributed by atoms with Crippen LogP contribution in [0.15, 0.2) is 78.9 Å². The second kappa shape index (κ2) is 8.52. The molecule has 1 saturated heterocycles. The van der Waals surface area contributed by atoms with Gasteiger partial charge in [0.15, 0.2) is 5.69 Å². The minimum Gasteiger partial charge on any atom is -0.489 e. The van der Waals surface area contributed by atoms with Crippen LogP contribution in [0.2, 0.25) is 0 Å². The number of para-hydroxylation sites is 1. The van der Waals surface area contributed by atoms with Crippen LogP contribution in [0.3, 0.4) is 0 Å². The summed E-state index contributed by atoms with van der Waals surface area (Å²) in [5, 5.41) is 8.08. The number of anilines is 1. The average Bonchev–Trinajstić information content (AvgIpc) is 3.28. The van der Waals surface area contributed by atoms with Crippen molar-refractivity contribution >= 4 is 22.5 Å². The molecule has 3 aromatic carbocycles. The quantitative estimate of drug-likeness (QED) is 0.536. The fourth-order valence-electron chi connectivity index (χ4n) is 3.94. The monoisotopic (exact) mass is 412 g/mol. The summed E-state index contributed by atoms with van der Waals surface area (Å²) in [7, 11) is 0. The Labute approximate surface area is 181 Å². The molecule has 0 aliphatic carbocycles. The molecule has 1 aliphatic rings. The molecule has 0 spiro atoms. The van der Waals surface area contributed by atoms with Gasteiger partial charge in [-0.3, -0.25) is 9.89 Å². The van der Waals surface area contributed by atoms with Gasteiger partial charge in [0, 0.05) is 37.3 Å². The number of hydrogen-bond donors (Lipinski definition) is 1. The highest BCUT2D eigenvalue weighted by molar-refractivity contribution is 6.04. The summed E-state index contributed by atoms with van der Waals surface area (Å²) < 4.78 is 5.88. The Morgan fingerprint density at radius 3 is 2.35 bits per heavy atom. The van der Waals surface area contributed by atoms with Gasteiger partial charge in [0.25, 0.3) is 5.91 Å². The fraction of sp³-hybridized carbons (Fsp3) is 0.200. The molecule has 31 heavy (non-hydrogen) atoms. The largest absolute Gasteiger partial charge is 0.489 e. The van der Waals surface area contributed by atoms with Crippen LogP contribution in [0.5, 0.6) is 5.75 Å². The zero-order valence-electron chi connectivity index (χ0n) is 17.2. The Morgan fingerprint density at radius 1 is 0.871 bits per heavy atom. The number of nitrogens with one attached hydrogen (secondary N) is 1. The summed E-state index contributed by atoms with van der Waals surface area (Å²) in [6, 6.07) is 26.1. The maximum atomic E-state index is 13.0. The van der Waals surface area contributed by atoms with E-state index in [1.165, 1.54) is 0 Å². The van der Waals surface area contributed by atoms with Gasteiger partial charge in [0.05, 0.1) is 5.52 Å². The molecule has 1 amide bonds. The number of H-pyrrole nitrogens is 1. The van der Waals surface area contributed by atoms with E-state index in [0.29, 0.717) is 25.4 Å². The molecule has 0 unspecified atom stereocenters. The van der Waals surface area contributed by atoms with Crippen LogP contribution in [0, 0.1) is 0 Å². The molecule has 4 aromatic rings. The highest BCUT2D eigenvalue weighted by Crippen LogP contribution is 2.23. The van der Waals surface area contributed by atoms with E-state index < -0.39 is 0 Å². The highest BCUT2D eigenvalue weighted by Gasteiger charge is 2.25. The number of ether oxygens (including phenoxy) is 1. The zero-order valence-corrected chi connectivity index (χ0v) is 17.2. The van der Waals surface area contributed by atoms with Gasteiger partial charge in [0.2, 0.25) is 0 Å². The van der Waals surface area contributed by atoms with Crippen molar-refractivity contribution in [1.29, 1.82) is 0 Å². The minimum atomic E-state index is -0.0123. The summed E-state index contributed by atoms with van der Waals surface area (Å²) in [6.45, 7) is 3.48. The van der Waals surface area contributed by atoms with E-state index in [-0.39, 0.29) is 5.91 Å². The van der Waals surface area contributed by atoms with Gasteiger partial charge in [-0.2, -0.15) is 5.10 Å². The summed E-state index contributed by atoms with van der Waals surface area (Å²) >= 11 is 0. The molecular weight excluding hydrogens is 388 g/mol. The van der Waals surface area contributed by atoms with Crippen LogP contribution >= 0.6 is 0 Å². The Kier molecular flexibility index (Phi) is 5.27. The number of aromatic amines is 1. The first-order chi connectivity index (χ1) is 15.3. The lowest BCUT2D eigenvalue weighted by atomic mass is 10.2. The van der Waals surface area contributed by atoms with E-state index in [1.54, 1.807) is 0 Å². The van der Waals surface area contributed by atoms with Gasteiger partial charge in [-0.1, -0.05) is 48.5 Å². The third kappa shape index (κ3) is 4.10. The third-order valence-corrected chi connectivity index (χ3v) is 5.69. The van der Waals surface area contributed by atoms with Gasteiger partial charge in [0.1, 0.15) is 12.4 Å². The first kappa shape index (κ1) is 19.2. The molecule has 2 heterocycles. The predicted octanol–water partition coefficient (Wildman–Crippen LogP) is 4.10. The lowest BCUT2D eigenvalue weighted by molar-refractivity contribution is 0.0742. The van der Waals surface area contributed by atoms with Crippen LogP contribution in [0.1, 0.15) is 16.1 Å². The lowest BCUT2D eigenvalue weighted by Gasteiger charge is -2.36. The Balaban J connectivity index is 1.18. The van der Waals surface area contributed by atoms with Crippen LogP contribution in [-0.2, 0) is 6.61 Å². The number of amides is 1. The van der Waals surface area contributed by atoms with Gasteiger partial charge >= 0.3 is 0 Å². The number of piperazine rings is 1. The van der Waals surface area contributed by atoms with Crippen LogP contribution in [0.25, 0.3) is 10.9 Å². The summed E-state index contributed by atoms with van der Waals surface area (Å²) in [5.74, 6) is 0.841. The van der Waals surface area contributed by atoms with Gasteiger partial charge in [-0.05, 0) is 35.9 Å². The van der Waals surface area contributed by atoms with E-state index in [2.05, 4.69) is 39.4 Å². The molecule has 6 nitrogen and oxygen atoms in total. The van der Waals surface area contributed by atoms with Gasteiger partial charge in [-0.25, -0.2) is 0 Å². The molecule has 156 valence electrons. The number of carbonyl (C=O) groups is 1. The molecule has 6 heteroatoms. The maximum Gasteiger partial charge on any atom is 0.275 e. The number of carbonyl (C=O) groups excluding carboxylic acids is 1. The fourth-order valence-corrected chi connectivity index (χ4v) is 3.94. The van der Waals surface area contributed by atoms with E-state index in [4.69, 9.17) is 4.74 Å². The summed E-state index contributed by atoms with van der Waals surface area (Å²) in [4.78, 5) is 17.1. The van der Waals surface area contributed by atoms with Crippen molar-refractivity contribution in [2.75, 3.05) is 31.1 Å². The van der Waals surface area contributed by atoms with Crippen LogP contribution in [-0.4, -0.2) is 47.2 Å². The number of hydrogen-bond acceptors (Lipinski definition) is 4. The highest BCUT2D eigenvalue weighted by atomic mass is 16.5. The maximum absolute atomic E-state index is 13.0. The number of nitrogens with zero attached hydrogens (tertiary/aromatic N) is 3. The topological polar surface area (TPSA) is 61.5 Å². The first-order valence-electron chi connectivity index (χ1n) is 10.5. The molecular formula is C25H24N4O2. The molecule has 1 aromatic heterocycles. The van der Waals surface area contributed by atoms with Crippen molar-refractivity contribution in [3.8, 4) is 5.75 Å². The second-order valence-corrected chi connectivity index (χ2v) is 7.67. The summed E-state index contributed by atoms with van der Waals surface area (Å²) in [6.07, 6.45) is 0. The smallest absolute Gasteiger partial charge is 0.275 e. The number of benzene rings is 3. The second-order valence-electron chi connectivity index (χ2n) is 7.67. The standard InChI is InChI=1S/C25H24N4O2/c30-25(24-22-8-4-5-9-23(22)26-27-24)29-16-14-28(15-17-29)20-10-12-21(13-11-20)31-18-19-6-2-1-3-7-19/h1-13H,14-18H2,(H,26,27). The number of rotatable bonds is 5. The Morgan fingerprint density at radius 2 is 1.58 bits per heavy atom. The first-order valence-corrected chi connectivity index (χ1v) is 10.5. The molecule has 1 aliphatic heterocycles. The summed E-state index contributed by atoms with van der Waals surface area (Å²) in [5.41, 5.74) is 3.68. The van der Waals surface area contributed by atoms with Crippen LogP contribution < -0.4 is 9.64 Å². The van der Waals surface area contributed by atoms with Crippen molar-refractivity contribution in [3.05, 3.63) is 90.1 Å². The van der Waals surface area contributed by atoms with Crippen molar-refractivity contribution in [2.24, 2.45) is 0 Å². The van der Waals surface area contributed by atoms with E-state index >= 15 is 0 Å². The van der Waals surface area contributed by atoms with Crippen LogP contribution in [0.4, 0.5) is 5.69 Å². The van der Waals surface area contributed by atoms with Crippen molar-refractivity contribution in [3.63, 3.8) is 0 Å². The lowest BCUT2D eigenvalue weighted by Crippen LogP contribution is -2.48. The van der Waals surface area contributed by atoms with Gasteiger partial charge < -0.3 is 14.5 Å². The number of fused-ring (bicyclic) bond motifs is 1. The third-order valence-electron chi connectivity index (χ3n) is 5.69. The van der Waals surface area contributed by atoms with Gasteiger partial charge in [-0.15, -0.1) is 0 Å². The van der Waals surface area contributed by atoms with Crippen molar-refractivity contribution in [2.45, 2.75) is 6.61 Å². The number of aromatic nitrogens is 2. The molecule has 0 bridgehead atoms. The average molecular weight is 412 g/mol.